The van der Waals surface area contributed by atoms with Gasteiger partial charge in [0.05, 0.1) is 19.3 Å². The van der Waals surface area contributed by atoms with Crippen LogP contribution in [0.4, 0.5) is 0 Å². The lowest BCUT2D eigenvalue weighted by atomic mass is 10.1. The maximum Gasteiger partial charge on any atom is 0.251 e. The lowest BCUT2D eigenvalue weighted by molar-refractivity contribution is 0.0915. The molecule has 0 spiro atoms. The SMILES string of the molecule is CCOc1ccc(C(=O)N[C@H](CC)CO)cc1. The summed E-state index contributed by atoms with van der Waals surface area (Å²) in [5.74, 6) is 0.576. The van der Waals surface area contributed by atoms with E-state index in [1.54, 1.807) is 24.3 Å². The van der Waals surface area contributed by atoms with E-state index in [0.29, 0.717) is 18.6 Å². The second kappa shape index (κ2) is 6.91. The molecule has 1 aromatic carbocycles. The Morgan fingerprint density at radius 1 is 1.35 bits per heavy atom. The molecule has 0 heterocycles. The minimum Gasteiger partial charge on any atom is -0.494 e. The summed E-state index contributed by atoms with van der Waals surface area (Å²) in [6.45, 7) is 4.39. The predicted molar refractivity (Wildman–Crippen MR) is 66.2 cm³/mol. The van der Waals surface area contributed by atoms with Crippen LogP contribution in [0.1, 0.15) is 30.6 Å². The van der Waals surface area contributed by atoms with Gasteiger partial charge in [-0.15, -0.1) is 0 Å². The molecule has 0 saturated heterocycles. The summed E-state index contributed by atoms with van der Waals surface area (Å²) in [5, 5.41) is 11.8. The number of ether oxygens (including phenoxy) is 1. The monoisotopic (exact) mass is 237 g/mol. The molecule has 4 nitrogen and oxygen atoms in total. The summed E-state index contributed by atoms with van der Waals surface area (Å²) in [6.07, 6.45) is 0.708. The quantitative estimate of drug-likeness (QED) is 0.790. The molecule has 2 N–H and O–H groups in total. The van der Waals surface area contributed by atoms with Gasteiger partial charge in [-0.25, -0.2) is 0 Å². The van der Waals surface area contributed by atoms with Crippen LogP contribution in [-0.4, -0.2) is 30.3 Å². The summed E-state index contributed by atoms with van der Waals surface area (Å²) in [4.78, 5) is 11.8. The number of aliphatic hydroxyl groups excluding tert-OH is 1. The van der Waals surface area contributed by atoms with Crippen molar-refractivity contribution < 1.29 is 14.6 Å². The fourth-order valence-electron chi connectivity index (χ4n) is 1.41. The van der Waals surface area contributed by atoms with Crippen molar-refractivity contribution in [1.29, 1.82) is 0 Å². The highest BCUT2D eigenvalue weighted by Gasteiger charge is 2.10. The van der Waals surface area contributed by atoms with E-state index in [4.69, 9.17) is 9.84 Å². The molecule has 1 aromatic rings. The Labute approximate surface area is 102 Å². The van der Waals surface area contributed by atoms with Crippen LogP contribution in [0.3, 0.4) is 0 Å². The molecule has 1 rings (SSSR count). The van der Waals surface area contributed by atoms with E-state index < -0.39 is 0 Å². The van der Waals surface area contributed by atoms with E-state index in [1.807, 2.05) is 13.8 Å². The van der Waals surface area contributed by atoms with Crippen molar-refractivity contribution >= 4 is 5.91 Å². The van der Waals surface area contributed by atoms with Gasteiger partial charge in [0, 0.05) is 5.56 Å². The van der Waals surface area contributed by atoms with Gasteiger partial charge in [-0.1, -0.05) is 6.92 Å². The number of aliphatic hydroxyl groups is 1. The summed E-state index contributed by atoms with van der Waals surface area (Å²) in [5.41, 5.74) is 0.570. The molecular formula is C13H19NO3. The Kier molecular flexibility index (Phi) is 5.49. The van der Waals surface area contributed by atoms with Crippen molar-refractivity contribution in [2.75, 3.05) is 13.2 Å². The first kappa shape index (κ1) is 13.5. The number of rotatable bonds is 6. The number of benzene rings is 1. The Hall–Kier alpha value is -1.55. The lowest BCUT2D eigenvalue weighted by Gasteiger charge is -2.14. The van der Waals surface area contributed by atoms with Crippen LogP contribution in [0.15, 0.2) is 24.3 Å². The van der Waals surface area contributed by atoms with Crippen molar-refractivity contribution in [2.24, 2.45) is 0 Å². The topological polar surface area (TPSA) is 58.6 Å². The average Bonchev–Trinajstić information content (AvgIpc) is 2.37. The van der Waals surface area contributed by atoms with E-state index in [9.17, 15) is 4.79 Å². The molecule has 0 saturated carbocycles. The number of hydrogen-bond acceptors (Lipinski definition) is 3. The Morgan fingerprint density at radius 3 is 2.47 bits per heavy atom. The molecule has 4 heteroatoms. The third kappa shape index (κ3) is 4.07. The number of hydrogen-bond donors (Lipinski definition) is 2. The molecule has 17 heavy (non-hydrogen) atoms. The largest absolute Gasteiger partial charge is 0.494 e. The average molecular weight is 237 g/mol. The van der Waals surface area contributed by atoms with Gasteiger partial charge in [0.15, 0.2) is 0 Å². The molecule has 0 unspecified atom stereocenters. The van der Waals surface area contributed by atoms with Crippen LogP contribution in [-0.2, 0) is 0 Å². The van der Waals surface area contributed by atoms with Gasteiger partial charge in [0.25, 0.3) is 5.91 Å². The fraction of sp³-hybridized carbons (Fsp3) is 0.462. The highest BCUT2D eigenvalue weighted by molar-refractivity contribution is 5.94. The van der Waals surface area contributed by atoms with Gasteiger partial charge in [0.1, 0.15) is 5.75 Å². The van der Waals surface area contributed by atoms with Crippen molar-refractivity contribution in [3.05, 3.63) is 29.8 Å². The van der Waals surface area contributed by atoms with Gasteiger partial charge < -0.3 is 15.2 Å². The molecule has 1 amide bonds. The van der Waals surface area contributed by atoms with Crippen molar-refractivity contribution in [3.8, 4) is 5.75 Å². The standard InChI is InChI=1S/C13H19NO3/c1-3-11(9-15)14-13(16)10-5-7-12(8-6-10)17-4-2/h5-8,11,15H,3-4,9H2,1-2H3,(H,14,16)/t11-/m1/s1. The van der Waals surface area contributed by atoms with Gasteiger partial charge >= 0.3 is 0 Å². The Bertz CT molecular complexity index is 344. The van der Waals surface area contributed by atoms with E-state index in [2.05, 4.69) is 5.32 Å². The normalized spacial score (nSPS) is 11.9. The van der Waals surface area contributed by atoms with Gasteiger partial charge in [-0.3, -0.25) is 4.79 Å². The molecule has 0 aromatic heterocycles. The summed E-state index contributed by atoms with van der Waals surface area (Å²) in [7, 11) is 0. The number of carbonyl (C=O) groups is 1. The van der Waals surface area contributed by atoms with E-state index >= 15 is 0 Å². The third-order valence-electron chi connectivity index (χ3n) is 2.48. The van der Waals surface area contributed by atoms with E-state index in [-0.39, 0.29) is 18.6 Å². The van der Waals surface area contributed by atoms with Crippen molar-refractivity contribution in [3.63, 3.8) is 0 Å². The van der Waals surface area contributed by atoms with Crippen molar-refractivity contribution in [1.82, 2.24) is 5.32 Å². The van der Waals surface area contributed by atoms with Crippen LogP contribution in [0.5, 0.6) is 5.75 Å². The molecule has 0 radical (unpaired) electrons. The predicted octanol–water partition coefficient (Wildman–Crippen LogP) is 1.59. The minimum absolute atomic E-state index is 0.0424. The van der Waals surface area contributed by atoms with Crippen LogP contribution >= 0.6 is 0 Å². The summed E-state index contributed by atoms with van der Waals surface area (Å²) in [6, 6.07) is 6.76. The van der Waals surface area contributed by atoms with Crippen LogP contribution in [0, 0.1) is 0 Å². The third-order valence-corrected chi connectivity index (χ3v) is 2.48. The van der Waals surface area contributed by atoms with Gasteiger partial charge in [-0.05, 0) is 37.6 Å². The molecule has 0 bridgehead atoms. The first-order chi connectivity index (χ1) is 8.21. The number of amides is 1. The highest BCUT2D eigenvalue weighted by Crippen LogP contribution is 2.12. The number of nitrogens with one attached hydrogen (secondary N) is 1. The maximum absolute atomic E-state index is 11.8. The number of carbonyl (C=O) groups excluding carboxylic acids is 1. The molecule has 1 atom stereocenters. The second-order valence-electron chi connectivity index (χ2n) is 3.72. The highest BCUT2D eigenvalue weighted by atomic mass is 16.5. The zero-order valence-electron chi connectivity index (χ0n) is 10.3. The van der Waals surface area contributed by atoms with E-state index in [0.717, 1.165) is 5.75 Å². The first-order valence-corrected chi connectivity index (χ1v) is 5.85. The zero-order chi connectivity index (χ0) is 12.7. The summed E-state index contributed by atoms with van der Waals surface area (Å²) >= 11 is 0. The molecule has 0 aliphatic carbocycles. The maximum atomic E-state index is 11.8. The van der Waals surface area contributed by atoms with Gasteiger partial charge in [0.2, 0.25) is 0 Å². The molecule has 0 aliphatic rings. The molecular weight excluding hydrogens is 218 g/mol. The molecule has 0 aliphatic heterocycles. The van der Waals surface area contributed by atoms with Crippen LogP contribution < -0.4 is 10.1 Å². The molecule has 0 fully saturated rings. The van der Waals surface area contributed by atoms with E-state index in [1.165, 1.54) is 0 Å². The Balaban J connectivity index is 2.63. The lowest BCUT2D eigenvalue weighted by Crippen LogP contribution is -2.36. The van der Waals surface area contributed by atoms with Crippen molar-refractivity contribution in [2.45, 2.75) is 26.3 Å². The van der Waals surface area contributed by atoms with Gasteiger partial charge in [-0.2, -0.15) is 0 Å². The van der Waals surface area contributed by atoms with Crippen LogP contribution in [0.2, 0.25) is 0 Å². The van der Waals surface area contributed by atoms with Crippen LogP contribution in [0.25, 0.3) is 0 Å². The molecule has 94 valence electrons. The zero-order valence-corrected chi connectivity index (χ0v) is 10.3. The second-order valence-corrected chi connectivity index (χ2v) is 3.72. The first-order valence-electron chi connectivity index (χ1n) is 5.85. The Morgan fingerprint density at radius 2 is 2.00 bits per heavy atom. The fourth-order valence-corrected chi connectivity index (χ4v) is 1.41. The summed E-state index contributed by atoms with van der Waals surface area (Å²) < 4.78 is 5.29. The smallest absolute Gasteiger partial charge is 0.251 e. The minimum atomic E-state index is -0.186.